The molecule has 1 saturated heterocycles. The molecule has 0 bridgehead atoms. The second-order valence-electron chi connectivity index (χ2n) is 9.59. The zero-order valence-electron chi connectivity index (χ0n) is 24.1. The summed E-state index contributed by atoms with van der Waals surface area (Å²) in [6, 6.07) is 16.2. The molecule has 1 fully saturated rings. The summed E-state index contributed by atoms with van der Waals surface area (Å²) in [6.45, 7) is 4.19. The van der Waals surface area contributed by atoms with Crippen LogP contribution in [-0.2, 0) is 4.79 Å². The van der Waals surface area contributed by atoms with E-state index in [9.17, 15) is 9.59 Å². The Kier molecular flexibility index (Phi) is 10.6. The van der Waals surface area contributed by atoms with Gasteiger partial charge in [0.1, 0.15) is 5.75 Å². The van der Waals surface area contributed by atoms with Crippen LogP contribution < -0.4 is 18.9 Å². The lowest BCUT2D eigenvalue weighted by Gasteiger charge is -2.34. The van der Waals surface area contributed by atoms with E-state index in [2.05, 4.69) is 0 Å². The molecule has 42 heavy (non-hydrogen) atoms. The number of carbonyl (C=O) groups excluding carboxylic acids is 2. The number of nitrogens with zero attached hydrogens (tertiary/aromatic N) is 2. The number of ether oxygens (including phenoxy) is 4. The lowest BCUT2D eigenvalue weighted by Crippen LogP contribution is -2.50. The van der Waals surface area contributed by atoms with Gasteiger partial charge in [0.25, 0.3) is 5.91 Å². The average Bonchev–Trinajstić information content (AvgIpc) is 3.03. The second-order valence-corrected chi connectivity index (χ2v) is 10.4. The quantitative estimate of drug-likeness (QED) is 0.253. The topological polar surface area (TPSA) is 77.5 Å². The summed E-state index contributed by atoms with van der Waals surface area (Å²) < 4.78 is 21.9. The highest BCUT2D eigenvalue weighted by Crippen LogP contribution is 2.38. The molecule has 3 aromatic rings. The van der Waals surface area contributed by atoms with Crippen LogP contribution in [0, 0.1) is 0 Å². The van der Waals surface area contributed by atoms with Crippen LogP contribution in [0.3, 0.4) is 0 Å². The van der Waals surface area contributed by atoms with Crippen molar-refractivity contribution in [1.29, 1.82) is 0 Å². The van der Waals surface area contributed by atoms with Crippen LogP contribution >= 0.6 is 23.2 Å². The van der Waals surface area contributed by atoms with Crippen molar-refractivity contribution in [2.24, 2.45) is 0 Å². The fraction of sp³-hybridized carbons (Fsp3) is 0.312. The maximum Gasteiger partial charge on any atom is 0.254 e. The van der Waals surface area contributed by atoms with E-state index in [4.69, 9.17) is 42.1 Å². The van der Waals surface area contributed by atoms with Gasteiger partial charge in [-0.1, -0.05) is 48.3 Å². The average molecular weight is 614 g/mol. The molecule has 0 saturated carbocycles. The van der Waals surface area contributed by atoms with Crippen LogP contribution in [0.5, 0.6) is 23.0 Å². The molecule has 0 N–H and O–H groups in total. The molecule has 222 valence electrons. The van der Waals surface area contributed by atoms with E-state index < -0.39 is 0 Å². The molecule has 8 nitrogen and oxygen atoms in total. The predicted octanol–water partition coefficient (Wildman–Crippen LogP) is 6.22. The summed E-state index contributed by atoms with van der Waals surface area (Å²) in [4.78, 5) is 30.3. The molecule has 0 atom stereocenters. The Bertz CT molecular complexity index is 1420. The number of piperazine rings is 1. The summed E-state index contributed by atoms with van der Waals surface area (Å²) in [5, 5.41) is 0.830. The van der Waals surface area contributed by atoms with Gasteiger partial charge in [-0.3, -0.25) is 9.59 Å². The number of halogens is 2. The minimum Gasteiger partial charge on any atom is -0.494 e. The molecule has 0 unspecified atom stereocenters. The Labute approximate surface area is 256 Å². The fourth-order valence-electron chi connectivity index (χ4n) is 4.68. The molecule has 0 spiro atoms. The number of carbonyl (C=O) groups is 2. The van der Waals surface area contributed by atoms with E-state index in [1.165, 1.54) is 21.3 Å². The minimum atomic E-state index is -0.182. The summed E-state index contributed by atoms with van der Waals surface area (Å²) in [5.74, 6) is 1.63. The van der Waals surface area contributed by atoms with Gasteiger partial charge in [0, 0.05) is 37.8 Å². The van der Waals surface area contributed by atoms with Gasteiger partial charge in [0.05, 0.1) is 38.0 Å². The first-order chi connectivity index (χ1) is 20.3. The maximum atomic E-state index is 13.5. The zero-order chi connectivity index (χ0) is 30.2. The van der Waals surface area contributed by atoms with E-state index in [1.54, 1.807) is 40.1 Å². The Morgan fingerprint density at radius 1 is 0.762 bits per heavy atom. The molecular formula is C32H34Cl2N2O6. The first-order valence-electron chi connectivity index (χ1n) is 13.6. The number of hydrogen-bond donors (Lipinski definition) is 0. The monoisotopic (exact) mass is 612 g/mol. The Hall–Kier alpha value is -3.88. The molecule has 10 heteroatoms. The number of amides is 2. The number of methoxy groups -OCH3 is 3. The van der Waals surface area contributed by atoms with Gasteiger partial charge in [-0.2, -0.15) is 0 Å². The molecule has 1 aliphatic rings. The Morgan fingerprint density at radius 2 is 1.36 bits per heavy atom. The standard InChI is InChI=1S/C32H34Cl2N2O6/c1-5-16-42-24-9-6-21(7-10-24)25(22-8-11-26(33)27(34)17-22)20-30(37)35-12-14-36(15-13-35)32(38)23-18-28(39-2)31(41-4)29(19-23)40-3/h6-11,17-20H,5,12-16H2,1-4H3. The highest BCUT2D eigenvalue weighted by Gasteiger charge is 2.26. The highest BCUT2D eigenvalue weighted by atomic mass is 35.5. The van der Waals surface area contributed by atoms with Gasteiger partial charge < -0.3 is 28.7 Å². The fourth-order valence-corrected chi connectivity index (χ4v) is 4.98. The number of benzene rings is 3. The van der Waals surface area contributed by atoms with Crippen LogP contribution in [0.4, 0.5) is 0 Å². The molecular weight excluding hydrogens is 579 g/mol. The van der Waals surface area contributed by atoms with Gasteiger partial charge in [-0.15, -0.1) is 0 Å². The summed E-state index contributed by atoms with van der Waals surface area (Å²) in [5.41, 5.74) is 2.71. The summed E-state index contributed by atoms with van der Waals surface area (Å²) in [6.07, 6.45) is 2.52. The predicted molar refractivity (Wildman–Crippen MR) is 164 cm³/mol. The SMILES string of the molecule is CCCOc1ccc(C(=CC(=O)N2CCN(C(=O)c3cc(OC)c(OC)c(OC)c3)CC2)c2ccc(Cl)c(Cl)c2)cc1. The third-order valence-corrected chi connectivity index (χ3v) is 7.67. The largest absolute Gasteiger partial charge is 0.494 e. The van der Waals surface area contributed by atoms with Crippen molar-refractivity contribution in [3.8, 4) is 23.0 Å². The van der Waals surface area contributed by atoms with Crippen molar-refractivity contribution in [3.63, 3.8) is 0 Å². The third-order valence-electron chi connectivity index (χ3n) is 6.93. The zero-order valence-corrected chi connectivity index (χ0v) is 25.6. The van der Waals surface area contributed by atoms with Crippen molar-refractivity contribution in [3.05, 3.63) is 87.4 Å². The van der Waals surface area contributed by atoms with E-state index in [0.717, 1.165) is 23.3 Å². The molecule has 1 aliphatic heterocycles. The maximum absolute atomic E-state index is 13.5. The second kappa shape index (κ2) is 14.3. The summed E-state index contributed by atoms with van der Waals surface area (Å²) in [7, 11) is 4.52. The lowest BCUT2D eigenvalue weighted by molar-refractivity contribution is -0.127. The molecule has 0 aliphatic carbocycles. The van der Waals surface area contributed by atoms with E-state index >= 15 is 0 Å². The first kappa shape index (κ1) is 31.1. The van der Waals surface area contributed by atoms with Crippen LogP contribution in [0.15, 0.2) is 60.7 Å². The van der Waals surface area contributed by atoms with Crippen molar-refractivity contribution in [2.75, 3.05) is 54.1 Å². The molecule has 3 aromatic carbocycles. The van der Waals surface area contributed by atoms with Gasteiger partial charge in [0.2, 0.25) is 11.7 Å². The van der Waals surface area contributed by atoms with Gasteiger partial charge in [-0.05, 0) is 59.5 Å². The normalized spacial score (nSPS) is 13.5. The van der Waals surface area contributed by atoms with Gasteiger partial charge in [0.15, 0.2) is 11.5 Å². The third kappa shape index (κ3) is 7.12. The highest BCUT2D eigenvalue weighted by molar-refractivity contribution is 6.42. The van der Waals surface area contributed by atoms with Crippen molar-refractivity contribution in [1.82, 2.24) is 9.80 Å². The van der Waals surface area contributed by atoms with Crippen molar-refractivity contribution in [2.45, 2.75) is 13.3 Å². The molecule has 0 aromatic heterocycles. The molecule has 1 heterocycles. The first-order valence-corrected chi connectivity index (χ1v) is 14.3. The number of rotatable bonds is 10. The van der Waals surface area contributed by atoms with Crippen molar-refractivity contribution >= 4 is 40.6 Å². The Balaban J connectivity index is 1.53. The molecule has 0 radical (unpaired) electrons. The van der Waals surface area contributed by atoms with Crippen LogP contribution in [0.2, 0.25) is 10.0 Å². The lowest BCUT2D eigenvalue weighted by atomic mass is 9.97. The van der Waals surface area contributed by atoms with E-state index in [-0.39, 0.29) is 11.8 Å². The van der Waals surface area contributed by atoms with Crippen LogP contribution in [0.1, 0.15) is 34.8 Å². The molecule has 2 amide bonds. The van der Waals surface area contributed by atoms with Crippen LogP contribution in [0.25, 0.3) is 5.57 Å². The van der Waals surface area contributed by atoms with Crippen molar-refractivity contribution < 1.29 is 28.5 Å². The van der Waals surface area contributed by atoms with E-state index in [0.29, 0.717) is 71.2 Å². The van der Waals surface area contributed by atoms with Gasteiger partial charge >= 0.3 is 0 Å². The number of hydrogen-bond acceptors (Lipinski definition) is 6. The molecule has 4 rings (SSSR count). The summed E-state index contributed by atoms with van der Waals surface area (Å²) >= 11 is 12.5. The Morgan fingerprint density at radius 3 is 1.90 bits per heavy atom. The van der Waals surface area contributed by atoms with Crippen LogP contribution in [-0.4, -0.2) is 75.7 Å². The minimum absolute atomic E-state index is 0.165. The smallest absolute Gasteiger partial charge is 0.254 e. The van der Waals surface area contributed by atoms with Gasteiger partial charge in [-0.25, -0.2) is 0 Å². The van der Waals surface area contributed by atoms with E-state index in [1.807, 2.05) is 37.3 Å².